The molecule has 1 aliphatic heterocycles. The van der Waals surface area contributed by atoms with Gasteiger partial charge >= 0.3 is 0 Å². The van der Waals surface area contributed by atoms with E-state index in [-0.39, 0.29) is 0 Å². The standard InChI is InChI=1S/C16H32N2S/c1-4-13-8-6-7-9-14(13)16(17-5-2)15-12-19-11-10-18(15)3/h13-17H,4-12H2,1-3H3. The molecule has 2 nitrogen and oxygen atoms in total. The zero-order chi connectivity index (χ0) is 13.7. The molecular formula is C16H32N2S. The van der Waals surface area contributed by atoms with Crippen molar-refractivity contribution in [2.24, 2.45) is 11.8 Å². The largest absolute Gasteiger partial charge is 0.312 e. The van der Waals surface area contributed by atoms with E-state index < -0.39 is 0 Å². The van der Waals surface area contributed by atoms with E-state index in [1.165, 1.54) is 50.2 Å². The average Bonchev–Trinajstić information content (AvgIpc) is 2.46. The Hall–Kier alpha value is 0.270. The first kappa shape index (κ1) is 15.7. The van der Waals surface area contributed by atoms with Crippen LogP contribution in [0.25, 0.3) is 0 Å². The van der Waals surface area contributed by atoms with Crippen molar-refractivity contribution in [1.82, 2.24) is 10.2 Å². The fraction of sp³-hybridized carbons (Fsp3) is 1.00. The molecule has 0 amide bonds. The van der Waals surface area contributed by atoms with E-state index in [9.17, 15) is 0 Å². The number of likely N-dealkylation sites (N-methyl/N-ethyl adjacent to an activating group) is 2. The van der Waals surface area contributed by atoms with Gasteiger partial charge in [0.1, 0.15) is 0 Å². The van der Waals surface area contributed by atoms with Gasteiger partial charge in [-0.15, -0.1) is 0 Å². The van der Waals surface area contributed by atoms with Crippen molar-refractivity contribution in [2.45, 2.75) is 58.0 Å². The summed E-state index contributed by atoms with van der Waals surface area (Å²) >= 11 is 2.15. The van der Waals surface area contributed by atoms with Crippen LogP contribution in [0, 0.1) is 11.8 Å². The molecular weight excluding hydrogens is 252 g/mol. The van der Waals surface area contributed by atoms with Crippen LogP contribution in [0.3, 0.4) is 0 Å². The van der Waals surface area contributed by atoms with Crippen LogP contribution in [0.2, 0.25) is 0 Å². The fourth-order valence-electron chi connectivity index (χ4n) is 4.11. The first-order chi connectivity index (χ1) is 9.27. The van der Waals surface area contributed by atoms with Gasteiger partial charge in [-0.2, -0.15) is 11.8 Å². The highest BCUT2D eigenvalue weighted by atomic mass is 32.2. The van der Waals surface area contributed by atoms with Gasteiger partial charge in [-0.25, -0.2) is 0 Å². The molecule has 4 atom stereocenters. The molecule has 2 aliphatic rings. The third-order valence-electron chi connectivity index (χ3n) is 5.25. The summed E-state index contributed by atoms with van der Waals surface area (Å²) in [5, 5.41) is 3.86. The number of nitrogens with zero attached hydrogens (tertiary/aromatic N) is 1. The highest BCUT2D eigenvalue weighted by molar-refractivity contribution is 7.99. The molecule has 0 aromatic carbocycles. The van der Waals surface area contributed by atoms with E-state index in [2.05, 4.69) is 42.9 Å². The lowest BCUT2D eigenvalue weighted by molar-refractivity contribution is 0.110. The Labute approximate surface area is 124 Å². The van der Waals surface area contributed by atoms with Crippen LogP contribution < -0.4 is 5.32 Å². The summed E-state index contributed by atoms with van der Waals surface area (Å²) in [6.45, 7) is 7.05. The Morgan fingerprint density at radius 2 is 2.05 bits per heavy atom. The van der Waals surface area contributed by atoms with Gasteiger partial charge in [0.05, 0.1) is 0 Å². The molecule has 2 fully saturated rings. The van der Waals surface area contributed by atoms with Gasteiger partial charge in [0, 0.05) is 30.1 Å². The second-order valence-electron chi connectivity index (χ2n) is 6.32. The molecule has 4 unspecified atom stereocenters. The normalized spacial score (nSPS) is 35.2. The summed E-state index contributed by atoms with van der Waals surface area (Å²) in [5.41, 5.74) is 0. The minimum absolute atomic E-state index is 0.716. The SMILES string of the molecule is CCNC(C1CCCCC1CC)C1CSCCN1C. The molecule has 1 N–H and O–H groups in total. The van der Waals surface area contributed by atoms with Crippen LogP contribution in [-0.2, 0) is 0 Å². The Bertz CT molecular complexity index is 259. The third-order valence-corrected chi connectivity index (χ3v) is 6.30. The molecule has 0 aromatic rings. The number of nitrogens with one attached hydrogen (secondary N) is 1. The smallest absolute Gasteiger partial charge is 0.0339 e. The number of rotatable bonds is 5. The van der Waals surface area contributed by atoms with Crippen LogP contribution >= 0.6 is 11.8 Å². The molecule has 0 aromatic heterocycles. The van der Waals surface area contributed by atoms with Crippen molar-refractivity contribution in [2.75, 3.05) is 31.6 Å². The van der Waals surface area contributed by atoms with Gasteiger partial charge in [-0.05, 0) is 31.8 Å². The molecule has 1 saturated heterocycles. The fourth-order valence-corrected chi connectivity index (χ4v) is 5.40. The van der Waals surface area contributed by atoms with Crippen LogP contribution in [0.15, 0.2) is 0 Å². The van der Waals surface area contributed by atoms with Crippen molar-refractivity contribution in [3.8, 4) is 0 Å². The lowest BCUT2D eigenvalue weighted by Gasteiger charge is -2.45. The predicted molar refractivity (Wildman–Crippen MR) is 86.9 cm³/mol. The van der Waals surface area contributed by atoms with Crippen molar-refractivity contribution >= 4 is 11.8 Å². The van der Waals surface area contributed by atoms with E-state index in [0.717, 1.165) is 24.4 Å². The van der Waals surface area contributed by atoms with Crippen LogP contribution in [-0.4, -0.2) is 48.6 Å². The molecule has 19 heavy (non-hydrogen) atoms. The quantitative estimate of drug-likeness (QED) is 0.834. The van der Waals surface area contributed by atoms with Crippen molar-refractivity contribution in [3.63, 3.8) is 0 Å². The maximum absolute atomic E-state index is 3.86. The van der Waals surface area contributed by atoms with Crippen molar-refractivity contribution < 1.29 is 0 Å². The number of thioether (sulfide) groups is 1. The van der Waals surface area contributed by atoms with E-state index in [1.54, 1.807) is 0 Å². The summed E-state index contributed by atoms with van der Waals surface area (Å²) in [6, 6.07) is 1.46. The third kappa shape index (κ3) is 3.89. The van der Waals surface area contributed by atoms with Crippen LogP contribution in [0.1, 0.15) is 46.0 Å². The highest BCUT2D eigenvalue weighted by Gasteiger charge is 2.37. The van der Waals surface area contributed by atoms with Crippen LogP contribution in [0.4, 0.5) is 0 Å². The highest BCUT2D eigenvalue weighted by Crippen LogP contribution is 2.37. The van der Waals surface area contributed by atoms with E-state index >= 15 is 0 Å². The maximum Gasteiger partial charge on any atom is 0.0339 e. The molecule has 1 heterocycles. The van der Waals surface area contributed by atoms with Gasteiger partial charge in [0.25, 0.3) is 0 Å². The predicted octanol–water partition coefficient (Wildman–Crippen LogP) is 3.23. The summed E-state index contributed by atoms with van der Waals surface area (Å²) in [6.07, 6.45) is 7.20. The summed E-state index contributed by atoms with van der Waals surface area (Å²) < 4.78 is 0. The topological polar surface area (TPSA) is 15.3 Å². The lowest BCUT2D eigenvalue weighted by atomic mass is 9.72. The molecule has 1 saturated carbocycles. The average molecular weight is 285 g/mol. The minimum atomic E-state index is 0.716. The molecule has 1 aliphatic carbocycles. The summed E-state index contributed by atoms with van der Waals surface area (Å²) in [7, 11) is 2.33. The Morgan fingerprint density at radius 1 is 1.26 bits per heavy atom. The maximum atomic E-state index is 3.86. The summed E-state index contributed by atoms with van der Waals surface area (Å²) in [4.78, 5) is 2.62. The molecule has 3 heteroatoms. The second kappa shape index (κ2) is 7.90. The number of hydrogen-bond acceptors (Lipinski definition) is 3. The Morgan fingerprint density at radius 3 is 2.74 bits per heavy atom. The van der Waals surface area contributed by atoms with E-state index in [1.807, 2.05) is 0 Å². The van der Waals surface area contributed by atoms with Gasteiger partial charge in [-0.1, -0.05) is 39.5 Å². The summed E-state index contributed by atoms with van der Waals surface area (Å²) in [5.74, 6) is 4.50. The van der Waals surface area contributed by atoms with Gasteiger partial charge in [0.15, 0.2) is 0 Å². The Balaban J connectivity index is 2.08. The van der Waals surface area contributed by atoms with Crippen LogP contribution in [0.5, 0.6) is 0 Å². The van der Waals surface area contributed by atoms with E-state index in [4.69, 9.17) is 0 Å². The molecule has 0 radical (unpaired) electrons. The molecule has 0 spiro atoms. The first-order valence-electron chi connectivity index (χ1n) is 8.29. The zero-order valence-corrected chi connectivity index (χ0v) is 13.8. The zero-order valence-electron chi connectivity index (χ0n) is 13.0. The minimum Gasteiger partial charge on any atom is -0.312 e. The molecule has 112 valence electrons. The lowest BCUT2D eigenvalue weighted by Crippen LogP contribution is -2.57. The van der Waals surface area contributed by atoms with Crippen molar-refractivity contribution in [3.05, 3.63) is 0 Å². The molecule has 2 rings (SSSR count). The molecule has 0 bridgehead atoms. The van der Waals surface area contributed by atoms with E-state index in [0.29, 0.717) is 6.04 Å². The van der Waals surface area contributed by atoms with Crippen molar-refractivity contribution in [1.29, 1.82) is 0 Å². The van der Waals surface area contributed by atoms with Gasteiger partial charge in [-0.3, -0.25) is 0 Å². The second-order valence-corrected chi connectivity index (χ2v) is 7.47. The Kier molecular flexibility index (Phi) is 6.51. The monoisotopic (exact) mass is 284 g/mol. The van der Waals surface area contributed by atoms with Gasteiger partial charge in [0.2, 0.25) is 0 Å². The van der Waals surface area contributed by atoms with Gasteiger partial charge < -0.3 is 10.2 Å². The first-order valence-corrected chi connectivity index (χ1v) is 9.44. The number of hydrogen-bond donors (Lipinski definition) is 1.